The van der Waals surface area contributed by atoms with Crippen molar-refractivity contribution < 1.29 is 45.9 Å². The van der Waals surface area contributed by atoms with E-state index in [1.807, 2.05) is 0 Å². The zero-order chi connectivity index (χ0) is 4.99. The molecule has 0 amide bonds. The minimum absolute atomic E-state index is 0. The van der Waals surface area contributed by atoms with Crippen molar-refractivity contribution in [1.29, 1.82) is 0 Å². The summed E-state index contributed by atoms with van der Waals surface area (Å²) in [6.07, 6.45) is 0. The fraction of sp³-hybridized carbons (Fsp3) is 1.00. The predicted molar refractivity (Wildman–Crippen MR) is 26.1 cm³/mol. The van der Waals surface area contributed by atoms with Gasteiger partial charge in [0.1, 0.15) is 0 Å². The third-order valence-corrected chi connectivity index (χ3v) is 0.605. The third-order valence-electron chi connectivity index (χ3n) is 0.605. The Bertz CT molecular complexity index is 36.2. The molecule has 0 saturated heterocycles. The van der Waals surface area contributed by atoms with Gasteiger partial charge in [0.25, 0.3) is 0 Å². The molecule has 0 rings (SSSR count). The molecule has 3 nitrogen and oxygen atoms in total. The van der Waals surface area contributed by atoms with E-state index in [0.29, 0.717) is 13.1 Å². The van der Waals surface area contributed by atoms with Crippen LogP contribution in [0.4, 0.5) is 0 Å². The van der Waals surface area contributed by atoms with Crippen molar-refractivity contribution >= 4 is 0 Å². The Hall–Kier alpha value is 1.15. The minimum Gasteiger partial charge on any atom is -1.00 e. The standard InChI is InChI=1S/C3H11N3.2ClH.Pt/c4-1-3(6)2-5;;;/h3H,1-2,4-6H2;2*1H;/q;;;+2/p-2. The molecule has 0 fully saturated rings. The Morgan fingerprint density at radius 1 is 1.00 bits per heavy atom. The Morgan fingerprint density at radius 3 is 1.22 bits per heavy atom. The van der Waals surface area contributed by atoms with E-state index in [9.17, 15) is 0 Å². The molecular formula is C3H11Cl2N3Pt. The van der Waals surface area contributed by atoms with Crippen molar-refractivity contribution in [3.63, 3.8) is 0 Å². The molecule has 0 saturated carbocycles. The van der Waals surface area contributed by atoms with E-state index >= 15 is 0 Å². The Labute approximate surface area is 82.2 Å². The van der Waals surface area contributed by atoms with Gasteiger partial charge in [0, 0.05) is 19.1 Å². The molecule has 0 heterocycles. The smallest absolute Gasteiger partial charge is 1.00 e. The van der Waals surface area contributed by atoms with Crippen molar-refractivity contribution in [2.75, 3.05) is 13.1 Å². The Morgan fingerprint density at radius 2 is 1.22 bits per heavy atom. The van der Waals surface area contributed by atoms with Crippen LogP contribution in [0.1, 0.15) is 0 Å². The summed E-state index contributed by atoms with van der Waals surface area (Å²) in [4.78, 5) is 0. The van der Waals surface area contributed by atoms with Crippen LogP contribution in [0.2, 0.25) is 0 Å². The van der Waals surface area contributed by atoms with Gasteiger partial charge in [-0.05, 0) is 0 Å². The van der Waals surface area contributed by atoms with E-state index < -0.39 is 0 Å². The van der Waals surface area contributed by atoms with Crippen LogP contribution < -0.4 is 42.0 Å². The van der Waals surface area contributed by atoms with E-state index in [1.54, 1.807) is 0 Å². The van der Waals surface area contributed by atoms with Crippen LogP contribution >= 0.6 is 0 Å². The number of nitrogens with two attached hydrogens (primary N) is 3. The molecule has 6 heteroatoms. The zero-order valence-corrected chi connectivity index (χ0v) is 8.58. The summed E-state index contributed by atoms with van der Waals surface area (Å²) in [5, 5.41) is 0. The molecule has 0 aromatic carbocycles. The van der Waals surface area contributed by atoms with E-state index in [-0.39, 0.29) is 51.9 Å². The minimum atomic E-state index is -0.00926. The number of hydrogen-bond donors (Lipinski definition) is 3. The van der Waals surface area contributed by atoms with Gasteiger partial charge < -0.3 is 42.0 Å². The maximum Gasteiger partial charge on any atom is 2.00 e. The molecule has 0 bridgehead atoms. The monoisotopic (exact) mass is 354 g/mol. The average Bonchev–Trinajstić information content (AvgIpc) is 1.65. The van der Waals surface area contributed by atoms with Gasteiger partial charge in [0.2, 0.25) is 0 Å². The summed E-state index contributed by atoms with van der Waals surface area (Å²) < 4.78 is 0. The normalized spacial score (nSPS) is 6.67. The van der Waals surface area contributed by atoms with Gasteiger partial charge in [0.15, 0.2) is 0 Å². The van der Waals surface area contributed by atoms with Gasteiger partial charge in [-0.15, -0.1) is 0 Å². The fourth-order valence-corrected chi connectivity index (χ4v) is 0.0962. The second-order valence-electron chi connectivity index (χ2n) is 1.23. The van der Waals surface area contributed by atoms with E-state index in [0.717, 1.165) is 0 Å². The molecule has 0 aliphatic rings. The van der Waals surface area contributed by atoms with E-state index in [1.165, 1.54) is 0 Å². The summed E-state index contributed by atoms with van der Waals surface area (Å²) in [7, 11) is 0. The van der Waals surface area contributed by atoms with Gasteiger partial charge >= 0.3 is 21.1 Å². The molecule has 0 atom stereocenters. The summed E-state index contributed by atoms with van der Waals surface area (Å²) in [5.74, 6) is 0. The molecule has 62 valence electrons. The number of hydrogen-bond acceptors (Lipinski definition) is 3. The molecular weight excluding hydrogens is 344 g/mol. The van der Waals surface area contributed by atoms with Gasteiger partial charge in [-0.25, -0.2) is 0 Å². The SMILES string of the molecule is NCC(N)CN.[Cl-].[Cl-].[Pt+2]. The first-order valence-corrected chi connectivity index (χ1v) is 1.97. The molecule has 9 heavy (non-hydrogen) atoms. The second-order valence-corrected chi connectivity index (χ2v) is 1.23. The number of halogens is 2. The first kappa shape index (κ1) is 22.5. The van der Waals surface area contributed by atoms with Crippen molar-refractivity contribution in [1.82, 2.24) is 0 Å². The molecule has 6 N–H and O–H groups in total. The first-order chi connectivity index (χ1) is 2.81. The van der Waals surface area contributed by atoms with Crippen LogP contribution in [0, 0.1) is 0 Å². The largest absolute Gasteiger partial charge is 2.00 e. The molecule has 0 aliphatic carbocycles. The van der Waals surface area contributed by atoms with Crippen molar-refractivity contribution in [3.05, 3.63) is 0 Å². The molecule has 0 aromatic heterocycles. The number of rotatable bonds is 2. The van der Waals surface area contributed by atoms with Crippen molar-refractivity contribution in [2.45, 2.75) is 6.04 Å². The first-order valence-electron chi connectivity index (χ1n) is 1.97. The molecule has 0 spiro atoms. The van der Waals surface area contributed by atoms with Crippen LogP contribution in [0.25, 0.3) is 0 Å². The predicted octanol–water partition coefficient (Wildman–Crippen LogP) is -7.76. The van der Waals surface area contributed by atoms with Crippen LogP contribution in [0.3, 0.4) is 0 Å². The second kappa shape index (κ2) is 16.1. The molecule has 0 unspecified atom stereocenters. The van der Waals surface area contributed by atoms with E-state index in [4.69, 9.17) is 17.2 Å². The fourth-order valence-electron chi connectivity index (χ4n) is 0.0962. The van der Waals surface area contributed by atoms with Crippen LogP contribution in [-0.4, -0.2) is 19.1 Å². The van der Waals surface area contributed by atoms with Gasteiger partial charge in [-0.1, -0.05) is 0 Å². The summed E-state index contributed by atoms with van der Waals surface area (Å²) in [6.45, 7) is 0.965. The third kappa shape index (κ3) is 17.6. The summed E-state index contributed by atoms with van der Waals surface area (Å²) in [5.41, 5.74) is 15.4. The quantitative estimate of drug-likeness (QED) is 0.461. The van der Waals surface area contributed by atoms with Crippen LogP contribution in [0.5, 0.6) is 0 Å². The molecule has 0 aliphatic heterocycles. The molecule has 0 radical (unpaired) electrons. The topological polar surface area (TPSA) is 78.1 Å². The summed E-state index contributed by atoms with van der Waals surface area (Å²) >= 11 is 0. The maximum absolute atomic E-state index is 5.22. The Balaban J connectivity index is -0.0000000417. The van der Waals surface area contributed by atoms with Crippen LogP contribution in [-0.2, 0) is 21.1 Å². The average molecular weight is 355 g/mol. The zero-order valence-electron chi connectivity index (χ0n) is 4.80. The molecule has 0 aromatic rings. The van der Waals surface area contributed by atoms with Crippen LogP contribution in [0.15, 0.2) is 0 Å². The Kier molecular flexibility index (Phi) is 40.1. The van der Waals surface area contributed by atoms with Crippen molar-refractivity contribution in [2.24, 2.45) is 17.2 Å². The van der Waals surface area contributed by atoms with Crippen molar-refractivity contribution in [3.8, 4) is 0 Å². The van der Waals surface area contributed by atoms with E-state index in [2.05, 4.69) is 0 Å². The summed E-state index contributed by atoms with van der Waals surface area (Å²) in [6, 6.07) is -0.00926. The maximum atomic E-state index is 5.22. The van der Waals surface area contributed by atoms with Gasteiger partial charge in [-0.2, -0.15) is 0 Å². The van der Waals surface area contributed by atoms with Gasteiger partial charge in [-0.3, -0.25) is 0 Å². The van der Waals surface area contributed by atoms with Gasteiger partial charge in [0.05, 0.1) is 0 Å².